The second-order valence-corrected chi connectivity index (χ2v) is 43.2. The molecule has 0 saturated carbocycles. The van der Waals surface area contributed by atoms with Crippen LogP contribution in [-0.2, 0) is 0 Å². The molecule has 30 heavy (non-hydrogen) atoms. The van der Waals surface area contributed by atoms with Crippen LogP contribution in [0.4, 0.5) is 0 Å². The standard InChI is InChI=1S/C24H48Si6/c1-25(2,3)19-17-21-23(27(7,8)9)30(15,16)22(18-20-26(4,5)6)24(28(10,11)12)29(21,13)14/h1-16H3. The van der Waals surface area contributed by atoms with Crippen molar-refractivity contribution in [1.82, 2.24) is 0 Å². The van der Waals surface area contributed by atoms with Gasteiger partial charge in [-0.1, -0.05) is 126 Å². The van der Waals surface area contributed by atoms with E-state index in [4.69, 9.17) is 0 Å². The van der Waals surface area contributed by atoms with Crippen LogP contribution < -0.4 is 0 Å². The molecule has 1 aliphatic heterocycles. The molecule has 168 valence electrons. The Balaban J connectivity index is 4.21. The summed E-state index contributed by atoms with van der Waals surface area (Å²) in [5, 5.41) is 3.27. The zero-order valence-corrected chi connectivity index (χ0v) is 29.0. The molecule has 6 heteroatoms. The summed E-state index contributed by atoms with van der Waals surface area (Å²) in [5.74, 6) is 7.86. The smallest absolute Gasteiger partial charge is 0.127 e. The van der Waals surface area contributed by atoms with Crippen molar-refractivity contribution in [3.05, 3.63) is 20.0 Å². The van der Waals surface area contributed by atoms with Crippen LogP contribution in [0.25, 0.3) is 0 Å². The van der Waals surface area contributed by atoms with Gasteiger partial charge in [0, 0.05) is 0 Å². The third kappa shape index (κ3) is 6.46. The molecule has 0 unspecified atom stereocenters. The molecule has 0 aromatic rings. The van der Waals surface area contributed by atoms with E-state index in [-0.39, 0.29) is 0 Å². The van der Waals surface area contributed by atoms with Crippen molar-refractivity contribution < 1.29 is 0 Å². The molecule has 0 radical (unpaired) electrons. The fourth-order valence-electron chi connectivity index (χ4n) is 5.06. The molecule has 0 N–H and O–H groups in total. The minimum absolute atomic E-state index is 1.43. The summed E-state index contributed by atoms with van der Waals surface area (Å²) < 4.78 is 0. The van der Waals surface area contributed by atoms with Crippen molar-refractivity contribution in [3.8, 4) is 22.9 Å². The van der Waals surface area contributed by atoms with Gasteiger partial charge in [0.15, 0.2) is 0 Å². The van der Waals surface area contributed by atoms with E-state index in [2.05, 4.69) is 128 Å². The van der Waals surface area contributed by atoms with Crippen LogP contribution in [0.1, 0.15) is 0 Å². The predicted octanol–water partition coefficient (Wildman–Crippen LogP) is 7.68. The van der Waals surface area contributed by atoms with Gasteiger partial charge in [0.2, 0.25) is 0 Å². The average molecular weight is 505 g/mol. The molecule has 0 saturated heterocycles. The first-order chi connectivity index (χ1) is 12.9. The van der Waals surface area contributed by atoms with Gasteiger partial charge in [-0.25, -0.2) is 0 Å². The molecule has 0 nitrogen and oxygen atoms in total. The summed E-state index contributed by atoms with van der Waals surface area (Å²) in [7, 11) is -9.64. The predicted molar refractivity (Wildman–Crippen MR) is 158 cm³/mol. The monoisotopic (exact) mass is 504 g/mol. The molecule has 0 fully saturated rings. The summed E-state index contributed by atoms with van der Waals surface area (Å²) in [6, 6.07) is 0. The first-order valence-corrected chi connectivity index (χ1v) is 31.5. The second kappa shape index (κ2) is 8.35. The van der Waals surface area contributed by atoms with E-state index < -0.39 is 48.4 Å². The van der Waals surface area contributed by atoms with E-state index in [1.54, 1.807) is 10.4 Å². The van der Waals surface area contributed by atoms with Crippen LogP contribution in [0.5, 0.6) is 0 Å². The summed E-state index contributed by atoms with van der Waals surface area (Å²) in [4.78, 5) is 3.67. The van der Waals surface area contributed by atoms with Gasteiger partial charge in [-0.2, -0.15) is 0 Å². The summed E-state index contributed by atoms with van der Waals surface area (Å²) >= 11 is 0. The molecule has 0 amide bonds. The fourth-order valence-corrected chi connectivity index (χ4v) is 35.4. The van der Waals surface area contributed by atoms with Crippen molar-refractivity contribution in [2.24, 2.45) is 0 Å². The number of rotatable bonds is 2. The largest absolute Gasteiger partial charge is 0.129 e. The molecule has 0 aromatic carbocycles. The van der Waals surface area contributed by atoms with E-state index in [0.29, 0.717) is 0 Å². The fraction of sp³-hybridized carbons (Fsp3) is 0.667. The number of allylic oxidation sites excluding steroid dienone is 2. The quantitative estimate of drug-likeness (QED) is 0.267. The van der Waals surface area contributed by atoms with Crippen molar-refractivity contribution >= 4 is 48.4 Å². The Kier molecular flexibility index (Phi) is 7.78. The zero-order chi connectivity index (χ0) is 24.1. The van der Waals surface area contributed by atoms with Gasteiger partial charge < -0.3 is 0 Å². The molecule has 1 rings (SSSR count). The molecule has 0 spiro atoms. The Morgan fingerprint density at radius 1 is 0.467 bits per heavy atom. The van der Waals surface area contributed by atoms with E-state index in [1.807, 2.05) is 9.64 Å². The van der Waals surface area contributed by atoms with Gasteiger partial charge in [-0.05, 0) is 10.4 Å². The maximum Gasteiger partial charge on any atom is 0.129 e. The highest BCUT2D eigenvalue weighted by molar-refractivity contribution is 7.18. The van der Waals surface area contributed by atoms with E-state index >= 15 is 0 Å². The highest BCUT2D eigenvalue weighted by Gasteiger charge is 2.52. The Bertz CT molecular complexity index is 805. The molecule has 0 bridgehead atoms. The molecule has 0 aliphatic carbocycles. The Hall–Kier alpha value is -0.0987. The zero-order valence-electron chi connectivity index (χ0n) is 23.0. The summed E-state index contributed by atoms with van der Waals surface area (Å²) in [6.07, 6.45) is 0. The van der Waals surface area contributed by atoms with Crippen LogP contribution >= 0.6 is 0 Å². The lowest BCUT2D eigenvalue weighted by molar-refractivity contribution is 1.51. The third-order valence-corrected chi connectivity index (χ3v) is 26.4. The van der Waals surface area contributed by atoms with Crippen molar-refractivity contribution in [1.29, 1.82) is 0 Å². The van der Waals surface area contributed by atoms with E-state index in [9.17, 15) is 0 Å². The maximum atomic E-state index is 3.93. The van der Waals surface area contributed by atoms with Crippen LogP contribution in [-0.4, -0.2) is 48.4 Å². The maximum absolute atomic E-state index is 3.93. The van der Waals surface area contributed by atoms with Gasteiger partial charge >= 0.3 is 0 Å². The highest BCUT2D eigenvalue weighted by Crippen LogP contribution is 2.47. The molecular weight excluding hydrogens is 457 g/mol. The Labute approximate surface area is 195 Å². The summed E-state index contributed by atoms with van der Waals surface area (Å²) in [6.45, 7) is 40.1. The number of hydrogen-bond donors (Lipinski definition) is 0. The molecular formula is C24H48Si6. The van der Waals surface area contributed by atoms with Crippen LogP contribution in [0.3, 0.4) is 0 Å². The van der Waals surface area contributed by atoms with Gasteiger partial charge in [0.25, 0.3) is 0 Å². The van der Waals surface area contributed by atoms with Crippen LogP contribution in [0, 0.1) is 22.9 Å². The van der Waals surface area contributed by atoms with E-state index in [0.717, 1.165) is 0 Å². The van der Waals surface area contributed by atoms with Gasteiger partial charge in [0.1, 0.15) is 32.3 Å². The average Bonchev–Trinajstić information content (AvgIpc) is 2.40. The lowest BCUT2D eigenvalue weighted by Crippen LogP contribution is -2.58. The SMILES string of the molecule is C[Si](C)(C)C#CC1=C([Si](C)(C)C)[Si](C)(C)C(C#C[Si](C)(C)C)=C([Si](C)(C)C)[Si]1(C)C. The van der Waals surface area contributed by atoms with Gasteiger partial charge in [-0.3, -0.25) is 0 Å². The highest BCUT2D eigenvalue weighted by atomic mass is 28.4. The first kappa shape index (κ1) is 27.9. The topological polar surface area (TPSA) is 0 Å². The Morgan fingerprint density at radius 3 is 0.867 bits per heavy atom. The second-order valence-electron chi connectivity index (χ2n) is 14.2. The lowest BCUT2D eigenvalue weighted by atomic mass is 10.6. The number of hydrogen-bond acceptors (Lipinski definition) is 0. The Morgan fingerprint density at radius 2 is 0.700 bits per heavy atom. The minimum atomic E-state index is -1.85. The lowest BCUT2D eigenvalue weighted by Gasteiger charge is -2.49. The molecule has 1 heterocycles. The molecule has 0 aromatic heterocycles. The van der Waals surface area contributed by atoms with Gasteiger partial charge in [-0.15, -0.1) is 11.1 Å². The minimum Gasteiger partial charge on any atom is -0.127 e. The molecule has 0 atom stereocenters. The first-order valence-electron chi connectivity index (χ1n) is 11.5. The van der Waals surface area contributed by atoms with Crippen LogP contribution in [0.2, 0.25) is 105 Å². The van der Waals surface area contributed by atoms with Crippen LogP contribution in [0.15, 0.2) is 20.0 Å². The third-order valence-electron chi connectivity index (χ3n) is 5.62. The van der Waals surface area contributed by atoms with Crippen molar-refractivity contribution in [2.75, 3.05) is 0 Å². The van der Waals surface area contributed by atoms with E-state index in [1.165, 1.54) is 0 Å². The van der Waals surface area contributed by atoms with Crippen molar-refractivity contribution in [3.63, 3.8) is 0 Å². The normalized spacial score (nSPS) is 19.7. The molecule has 1 aliphatic rings. The van der Waals surface area contributed by atoms with Crippen molar-refractivity contribution in [2.45, 2.75) is 105 Å². The van der Waals surface area contributed by atoms with Gasteiger partial charge in [0.05, 0.1) is 16.1 Å². The summed E-state index contributed by atoms with van der Waals surface area (Å²) in [5.41, 5.74) is 7.61.